The molecule has 32 heavy (non-hydrogen) atoms. The average molecular weight is 471 g/mol. The quantitative estimate of drug-likeness (QED) is 0.744. The SMILES string of the molecule is CCS(=O)(=O)N1CCc2c(C(=O)N3CCC(c4ccccc4C(F)(F)F)CC3)n[nH]c2C1. The van der Waals surface area contributed by atoms with Crippen LogP contribution in [0.15, 0.2) is 24.3 Å². The zero-order valence-corrected chi connectivity index (χ0v) is 18.5. The van der Waals surface area contributed by atoms with Crippen LogP contribution in [0.3, 0.4) is 0 Å². The van der Waals surface area contributed by atoms with Gasteiger partial charge in [0.1, 0.15) is 0 Å². The first-order valence-corrected chi connectivity index (χ1v) is 12.2. The third-order valence-electron chi connectivity index (χ3n) is 6.35. The van der Waals surface area contributed by atoms with Gasteiger partial charge in [0.15, 0.2) is 5.69 Å². The third kappa shape index (κ3) is 4.27. The maximum Gasteiger partial charge on any atom is 0.416 e. The first-order valence-electron chi connectivity index (χ1n) is 10.6. The van der Waals surface area contributed by atoms with Crippen LogP contribution in [0, 0.1) is 0 Å². The Morgan fingerprint density at radius 2 is 1.88 bits per heavy atom. The number of amides is 1. The van der Waals surface area contributed by atoms with Gasteiger partial charge in [-0.05, 0) is 43.7 Å². The van der Waals surface area contributed by atoms with E-state index in [1.807, 2.05) is 0 Å². The molecule has 1 aromatic heterocycles. The zero-order valence-electron chi connectivity index (χ0n) is 17.7. The Kier molecular flexibility index (Phi) is 6.06. The number of likely N-dealkylation sites (tertiary alicyclic amines) is 1. The molecule has 11 heteroatoms. The standard InChI is InChI=1S/C21H25F3N4O3S/c1-2-32(30,31)28-12-9-16-18(13-28)25-26-19(16)20(29)27-10-7-14(8-11-27)15-5-3-4-6-17(15)21(22,23)24/h3-6,14H,2,7-13H2,1H3,(H,25,26). The Labute approximate surface area is 184 Å². The summed E-state index contributed by atoms with van der Waals surface area (Å²) in [5.74, 6) is -0.524. The van der Waals surface area contributed by atoms with Gasteiger partial charge in [0.25, 0.3) is 5.91 Å². The van der Waals surface area contributed by atoms with Gasteiger partial charge in [-0.25, -0.2) is 8.42 Å². The van der Waals surface area contributed by atoms with Crippen LogP contribution in [-0.4, -0.2) is 59.1 Å². The molecule has 0 atom stereocenters. The van der Waals surface area contributed by atoms with Gasteiger partial charge >= 0.3 is 6.18 Å². The van der Waals surface area contributed by atoms with Gasteiger partial charge in [0, 0.05) is 25.2 Å². The molecular formula is C21H25F3N4O3S. The molecule has 1 fully saturated rings. The molecule has 7 nitrogen and oxygen atoms in total. The predicted molar refractivity (Wildman–Crippen MR) is 111 cm³/mol. The summed E-state index contributed by atoms with van der Waals surface area (Å²) in [6.45, 7) is 2.71. The summed E-state index contributed by atoms with van der Waals surface area (Å²) in [7, 11) is -3.33. The molecule has 0 spiro atoms. The Morgan fingerprint density at radius 3 is 2.53 bits per heavy atom. The second-order valence-electron chi connectivity index (χ2n) is 8.16. The lowest BCUT2D eigenvalue weighted by molar-refractivity contribution is -0.138. The number of carbonyl (C=O) groups excluding carboxylic acids is 1. The van der Waals surface area contributed by atoms with E-state index in [1.165, 1.54) is 16.4 Å². The third-order valence-corrected chi connectivity index (χ3v) is 8.18. The van der Waals surface area contributed by atoms with E-state index in [4.69, 9.17) is 0 Å². The molecule has 174 valence electrons. The number of piperidine rings is 1. The van der Waals surface area contributed by atoms with Gasteiger partial charge in [0.2, 0.25) is 10.0 Å². The number of benzene rings is 1. The minimum absolute atomic E-state index is 0.00860. The number of alkyl halides is 3. The lowest BCUT2D eigenvalue weighted by Gasteiger charge is -2.33. The normalized spacial score (nSPS) is 18.6. The van der Waals surface area contributed by atoms with E-state index in [0.29, 0.717) is 44.6 Å². The summed E-state index contributed by atoms with van der Waals surface area (Å²) in [5, 5.41) is 6.95. The summed E-state index contributed by atoms with van der Waals surface area (Å²) < 4.78 is 65.7. The van der Waals surface area contributed by atoms with E-state index in [9.17, 15) is 26.4 Å². The predicted octanol–water partition coefficient (Wildman–Crippen LogP) is 3.16. The fourth-order valence-electron chi connectivity index (χ4n) is 4.54. The van der Waals surface area contributed by atoms with E-state index in [-0.39, 0.29) is 35.4 Å². The Bertz CT molecular complexity index is 1110. The fourth-order valence-corrected chi connectivity index (χ4v) is 5.61. The first kappa shape index (κ1) is 22.8. The van der Waals surface area contributed by atoms with Gasteiger partial charge in [-0.2, -0.15) is 22.6 Å². The monoisotopic (exact) mass is 470 g/mol. The topological polar surface area (TPSA) is 86.4 Å². The molecule has 4 rings (SSSR count). The number of carbonyl (C=O) groups is 1. The van der Waals surface area contributed by atoms with Crippen molar-refractivity contribution in [1.29, 1.82) is 0 Å². The summed E-state index contributed by atoms with van der Waals surface area (Å²) in [6, 6.07) is 5.62. The summed E-state index contributed by atoms with van der Waals surface area (Å²) in [4.78, 5) is 14.7. The van der Waals surface area contributed by atoms with Crippen LogP contribution in [0.2, 0.25) is 0 Å². The lowest BCUT2D eigenvalue weighted by Crippen LogP contribution is -2.40. The number of sulfonamides is 1. The highest BCUT2D eigenvalue weighted by Gasteiger charge is 2.37. The van der Waals surface area contributed by atoms with Crippen molar-refractivity contribution in [2.24, 2.45) is 0 Å². The minimum atomic E-state index is -4.41. The van der Waals surface area contributed by atoms with Crippen LogP contribution in [0.25, 0.3) is 0 Å². The fraction of sp³-hybridized carbons (Fsp3) is 0.524. The molecule has 0 aliphatic carbocycles. The molecule has 0 unspecified atom stereocenters. The van der Waals surface area contributed by atoms with E-state index in [1.54, 1.807) is 17.9 Å². The minimum Gasteiger partial charge on any atom is -0.337 e. The van der Waals surface area contributed by atoms with Crippen LogP contribution in [0.4, 0.5) is 13.2 Å². The molecule has 0 bridgehead atoms. The van der Waals surface area contributed by atoms with Crippen LogP contribution in [0.5, 0.6) is 0 Å². The van der Waals surface area contributed by atoms with Crippen molar-refractivity contribution in [3.05, 3.63) is 52.3 Å². The van der Waals surface area contributed by atoms with Gasteiger partial charge in [-0.3, -0.25) is 9.89 Å². The molecule has 1 N–H and O–H groups in total. The van der Waals surface area contributed by atoms with Crippen LogP contribution in [-0.2, 0) is 29.2 Å². The van der Waals surface area contributed by atoms with E-state index in [0.717, 1.165) is 11.6 Å². The number of hydrogen-bond acceptors (Lipinski definition) is 4. The summed E-state index contributed by atoms with van der Waals surface area (Å²) >= 11 is 0. The van der Waals surface area contributed by atoms with Crippen molar-refractivity contribution >= 4 is 15.9 Å². The largest absolute Gasteiger partial charge is 0.416 e. The highest BCUT2D eigenvalue weighted by atomic mass is 32.2. The molecule has 1 amide bonds. The summed E-state index contributed by atoms with van der Waals surface area (Å²) in [5.41, 5.74) is 1.29. The Balaban J connectivity index is 1.45. The smallest absolute Gasteiger partial charge is 0.337 e. The number of aromatic nitrogens is 2. The summed E-state index contributed by atoms with van der Waals surface area (Å²) in [6.07, 6.45) is -3.14. The molecule has 2 aliphatic rings. The van der Waals surface area contributed by atoms with Crippen molar-refractivity contribution in [3.8, 4) is 0 Å². The molecule has 2 aliphatic heterocycles. The molecule has 0 saturated carbocycles. The van der Waals surface area contributed by atoms with Crippen molar-refractivity contribution < 1.29 is 26.4 Å². The first-order chi connectivity index (χ1) is 15.1. The lowest BCUT2D eigenvalue weighted by atomic mass is 9.86. The zero-order chi connectivity index (χ0) is 23.1. The van der Waals surface area contributed by atoms with E-state index >= 15 is 0 Å². The van der Waals surface area contributed by atoms with Gasteiger partial charge in [-0.1, -0.05) is 18.2 Å². The van der Waals surface area contributed by atoms with E-state index in [2.05, 4.69) is 10.2 Å². The molecule has 1 saturated heterocycles. The molecule has 1 aromatic carbocycles. The maximum absolute atomic E-state index is 13.4. The Morgan fingerprint density at radius 1 is 1.19 bits per heavy atom. The highest BCUT2D eigenvalue weighted by molar-refractivity contribution is 7.89. The van der Waals surface area contributed by atoms with Crippen molar-refractivity contribution in [3.63, 3.8) is 0 Å². The van der Waals surface area contributed by atoms with Gasteiger partial charge in [-0.15, -0.1) is 0 Å². The highest BCUT2D eigenvalue weighted by Crippen LogP contribution is 2.39. The second kappa shape index (κ2) is 8.51. The van der Waals surface area contributed by atoms with Crippen LogP contribution < -0.4 is 0 Å². The molecule has 0 radical (unpaired) electrons. The number of hydrogen-bond donors (Lipinski definition) is 1. The van der Waals surface area contributed by atoms with E-state index < -0.39 is 21.8 Å². The number of rotatable bonds is 4. The number of aromatic amines is 1. The van der Waals surface area contributed by atoms with Gasteiger partial charge in [0.05, 0.1) is 23.6 Å². The molecule has 2 aromatic rings. The number of nitrogens with one attached hydrogen (secondary N) is 1. The maximum atomic E-state index is 13.4. The van der Waals surface area contributed by atoms with Crippen LogP contribution in [0.1, 0.15) is 58.6 Å². The second-order valence-corrected chi connectivity index (χ2v) is 10.4. The Hall–Kier alpha value is -2.40. The molecule has 3 heterocycles. The van der Waals surface area contributed by atoms with Crippen molar-refractivity contribution in [1.82, 2.24) is 19.4 Å². The average Bonchev–Trinajstić information content (AvgIpc) is 3.21. The number of nitrogens with zero attached hydrogens (tertiary/aromatic N) is 3. The van der Waals surface area contributed by atoms with Crippen molar-refractivity contribution in [2.75, 3.05) is 25.4 Å². The molecular weight excluding hydrogens is 445 g/mol. The number of H-pyrrole nitrogens is 1. The number of fused-ring (bicyclic) bond motifs is 1. The number of halogens is 3. The van der Waals surface area contributed by atoms with Gasteiger partial charge < -0.3 is 4.90 Å². The van der Waals surface area contributed by atoms with Crippen molar-refractivity contribution in [2.45, 2.75) is 44.8 Å². The van der Waals surface area contributed by atoms with Crippen LogP contribution >= 0.6 is 0 Å².